The Hall–Kier alpha value is -1.67. The molecule has 0 saturated carbocycles. The van der Waals surface area contributed by atoms with Crippen molar-refractivity contribution < 1.29 is 19.5 Å². The molecule has 0 aromatic heterocycles. The van der Waals surface area contributed by atoms with E-state index in [0.29, 0.717) is 12.6 Å². The van der Waals surface area contributed by atoms with Gasteiger partial charge in [0, 0.05) is 32.1 Å². The highest BCUT2D eigenvalue weighted by atomic mass is 16.5. The average Bonchev–Trinajstić information content (AvgIpc) is 2.84. The number of likely N-dealkylation sites (N-methyl/N-ethyl adjacent to an activating group) is 1. The van der Waals surface area contributed by atoms with Crippen LogP contribution in [0, 0.1) is 0 Å². The van der Waals surface area contributed by atoms with Crippen molar-refractivity contribution in [2.45, 2.75) is 31.7 Å². The molecule has 0 aliphatic carbocycles. The summed E-state index contributed by atoms with van der Waals surface area (Å²) in [6, 6.07) is 0.412. The van der Waals surface area contributed by atoms with Crippen LogP contribution in [0.1, 0.15) is 25.7 Å². The van der Waals surface area contributed by atoms with E-state index in [1.54, 1.807) is 0 Å². The zero-order chi connectivity index (χ0) is 17.2. The Labute approximate surface area is 137 Å². The third-order valence-electron chi connectivity index (χ3n) is 3.76. The summed E-state index contributed by atoms with van der Waals surface area (Å²) in [6.45, 7) is 2.62. The van der Waals surface area contributed by atoms with Crippen LogP contribution in [0.25, 0.3) is 0 Å². The van der Waals surface area contributed by atoms with Gasteiger partial charge in [0.1, 0.15) is 0 Å². The number of aliphatic carboxylic acids is 1. The Morgan fingerprint density at radius 1 is 1.13 bits per heavy atom. The molecule has 1 aliphatic heterocycles. The van der Waals surface area contributed by atoms with Crippen LogP contribution in [0.3, 0.4) is 0 Å². The summed E-state index contributed by atoms with van der Waals surface area (Å²) in [4.78, 5) is 38.0. The summed E-state index contributed by atoms with van der Waals surface area (Å²) in [5, 5.41) is 13.7. The number of rotatable bonds is 10. The summed E-state index contributed by atoms with van der Waals surface area (Å²) in [6.07, 6.45) is 2.28. The Bertz CT molecular complexity index is 414. The molecule has 1 atom stereocenters. The van der Waals surface area contributed by atoms with E-state index in [0.717, 1.165) is 25.9 Å². The van der Waals surface area contributed by atoms with Crippen molar-refractivity contribution in [3.05, 3.63) is 0 Å². The summed E-state index contributed by atoms with van der Waals surface area (Å²) in [7, 11) is 4.05. The number of carboxylic acid groups (broad SMARTS) is 1. The van der Waals surface area contributed by atoms with Crippen LogP contribution in [-0.4, -0.2) is 85.6 Å². The van der Waals surface area contributed by atoms with Gasteiger partial charge in [0.15, 0.2) is 0 Å². The number of carbonyl (C=O) groups excluding carboxylic acids is 2. The fourth-order valence-electron chi connectivity index (χ4n) is 2.68. The smallest absolute Gasteiger partial charge is 0.305 e. The molecule has 0 spiro atoms. The quantitative estimate of drug-likeness (QED) is 0.353. The highest BCUT2D eigenvalue weighted by Crippen LogP contribution is 2.16. The van der Waals surface area contributed by atoms with Crippen LogP contribution >= 0.6 is 0 Å². The summed E-state index contributed by atoms with van der Waals surface area (Å²) in [5.41, 5.74) is 0. The first-order valence-corrected chi connectivity index (χ1v) is 8.02. The standard InChI is InChI=1S/C15H28N4O4/c1-18(2)10-12-4-3-9-19(12)11-14(21)17-7-5-13(20)16-8-6-15(22)23/h12H,3-11H2,1-2H3,(H,16,20)(H,17,21)(H,22,23)/i1+1,2+1,6+1,8+1,11+1,13+1,15+1,16+1,18+1. The highest BCUT2D eigenvalue weighted by Gasteiger charge is 2.26. The second kappa shape index (κ2) is 10.2. The largest absolute Gasteiger partial charge is 0.481 e. The zero-order valence-corrected chi connectivity index (χ0v) is 14.0. The summed E-state index contributed by atoms with van der Waals surface area (Å²) < 4.78 is 0. The Kier molecular flexibility index (Phi) is 8.57. The Balaban J connectivity index is 2.16. The second-order valence-corrected chi connectivity index (χ2v) is 6.12. The lowest BCUT2D eigenvalue weighted by Gasteiger charge is -2.26. The molecule has 1 saturated heterocycles. The van der Waals surface area contributed by atoms with Crippen molar-refractivity contribution in [2.24, 2.45) is 0 Å². The molecule has 1 rings (SSSR count). The molecule has 132 valence electrons. The van der Waals surface area contributed by atoms with Gasteiger partial charge in [0.05, 0.1) is 13.0 Å². The lowest BCUT2D eigenvalue weighted by atomic mass is 10.2. The minimum Gasteiger partial charge on any atom is -0.481 e. The van der Waals surface area contributed by atoms with Crippen molar-refractivity contribution in [1.82, 2.24) is 20.4 Å². The SMILES string of the molecule is [13CH3][15N]([13CH3])CC1CCCN1[13CH2]C(=O)NCC[13C](=O)[15NH][13CH2][13CH2][13C](=O)O. The first kappa shape index (κ1) is 19.4. The van der Waals surface area contributed by atoms with E-state index < -0.39 is 5.97 Å². The molecule has 0 aromatic carbocycles. The number of carboxylic acids is 1. The predicted octanol–water partition coefficient (Wildman–Crippen LogP) is -0.890. The molecule has 1 unspecified atom stereocenters. The minimum absolute atomic E-state index is 0.0750. The van der Waals surface area contributed by atoms with Crippen LogP contribution in [-0.2, 0) is 14.4 Å². The number of nitrogens with zero attached hydrogens (tertiary/aromatic N) is 2. The van der Waals surface area contributed by atoms with Gasteiger partial charge in [-0.3, -0.25) is 19.3 Å². The van der Waals surface area contributed by atoms with Gasteiger partial charge >= 0.3 is 5.97 Å². The Morgan fingerprint density at radius 3 is 2.43 bits per heavy atom. The molecular formula is C15H28N4O4. The molecule has 0 bridgehead atoms. The third kappa shape index (κ3) is 8.51. The van der Waals surface area contributed by atoms with Crippen molar-refractivity contribution in [2.75, 3.05) is 46.8 Å². The number of nitrogens with one attached hydrogen (secondary N) is 2. The van der Waals surface area contributed by atoms with Gasteiger partial charge in [-0.2, -0.15) is 0 Å². The van der Waals surface area contributed by atoms with Gasteiger partial charge in [-0.1, -0.05) is 0 Å². The van der Waals surface area contributed by atoms with E-state index in [-0.39, 0.29) is 37.7 Å². The Morgan fingerprint density at radius 2 is 1.78 bits per heavy atom. The van der Waals surface area contributed by atoms with Crippen molar-refractivity contribution >= 4 is 17.8 Å². The molecule has 2 amide bonds. The van der Waals surface area contributed by atoms with Gasteiger partial charge in [-0.05, 0) is 33.5 Å². The molecule has 1 fully saturated rings. The zero-order valence-electron chi connectivity index (χ0n) is 14.0. The first-order valence-electron chi connectivity index (χ1n) is 8.02. The van der Waals surface area contributed by atoms with Crippen molar-refractivity contribution in [3.8, 4) is 0 Å². The normalized spacial score (nSPS) is 18.1. The highest BCUT2D eigenvalue weighted by molar-refractivity contribution is 5.80. The van der Waals surface area contributed by atoms with Gasteiger partial charge < -0.3 is 20.6 Å². The summed E-state index contributed by atoms with van der Waals surface area (Å²) in [5.74, 6) is -1.27. The molecule has 0 radical (unpaired) electrons. The number of amides is 2. The number of hydrogen-bond donors (Lipinski definition) is 3. The van der Waals surface area contributed by atoms with Crippen molar-refractivity contribution in [3.63, 3.8) is 0 Å². The van der Waals surface area contributed by atoms with E-state index >= 15 is 0 Å². The molecular weight excluding hydrogens is 309 g/mol. The third-order valence-corrected chi connectivity index (χ3v) is 3.76. The second-order valence-electron chi connectivity index (χ2n) is 6.12. The fraction of sp³-hybridized carbons (Fsp3) is 0.800. The van der Waals surface area contributed by atoms with Gasteiger partial charge in [0.25, 0.3) is 0 Å². The van der Waals surface area contributed by atoms with E-state index in [4.69, 9.17) is 5.11 Å². The molecule has 1 aliphatic rings. The molecule has 0 aromatic rings. The maximum atomic E-state index is 11.9. The van der Waals surface area contributed by atoms with E-state index in [9.17, 15) is 14.4 Å². The molecule has 8 heteroatoms. The van der Waals surface area contributed by atoms with Crippen LogP contribution in [0.4, 0.5) is 0 Å². The first-order chi connectivity index (χ1) is 10.9. The van der Waals surface area contributed by atoms with E-state index in [1.165, 1.54) is 0 Å². The summed E-state index contributed by atoms with van der Waals surface area (Å²) >= 11 is 0. The van der Waals surface area contributed by atoms with Crippen LogP contribution in [0.2, 0.25) is 0 Å². The van der Waals surface area contributed by atoms with Crippen molar-refractivity contribution in [1.29, 1.82) is 0 Å². The maximum Gasteiger partial charge on any atom is 0.305 e. The molecule has 1 heterocycles. The number of carbonyl (C=O) groups is 3. The lowest BCUT2D eigenvalue weighted by Crippen LogP contribution is -2.44. The predicted molar refractivity (Wildman–Crippen MR) is 86.0 cm³/mol. The fourth-order valence-corrected chi connectivity index (χ4v) is 2.68. The number of likely N-dealkylation sites (tertiary alicyclic amines) is 1. The topological polar surface area (TPSA) is 102 Å². The maximum absolute atomic E-state index is 11.9. The van der Waals surface area contributed by atoms with Crippen LogP contribution in [0.15, 0.2) is 0 Å². The lowest BCUT2D eigenvalue weighted by molar-refractivity contribution is -0.137. The number of hydrogen-bond acceptors (Lipinski definition) is 5. The van der Waals surface area contributed by atoms with E-state index in [2.05, 4.69) is 20.4 Å². The van der Waals surface area contributed by atoms with E-state index in [1.807, 2.05) is 14.1 Å². The van der Waals surface area contributed by atoms with Gasteiger partial charge in [0.2, 0.25) is 11.8 Å². The van der Waals surface area contributed by atoms with Crippen LogP contribution in [0.5, 0.6) is 0 Å². The van der Waals surface area contributed by atoms with Gasteiger partial charge in [-0.25, -0.2) is 0 Å². The monoisotopic (exact) mass is 337 g/mol. The average molecular weight is 337 g/mol. The van der Waals surface area contributed by atoms with Gasteiger partial charge in [-0.15, -0.1) is 0 Å². The minimum atomic E-state index is -0.948. The molecule has 8 nitrogen and oxygen atoms in total. The van der Waals surface area contributed by atoms with Crippen LogP contribution < -0.4 is 10.6 Å². The molecule has 3 N–H and O–H groups in total. The molecule has 23 heavy (non-hydrogen) atoms.